The van der Waals surface area contributed by atoms with Crippen molar-refractivity contribution >= 4 is 35.1 Å². The average Bonchev–Trinajstić information content (AvgIpc) is 3.07. The number of aromatic carboxylic acids is 1. The molecule has 0 aliphatic carbocycles. The lowest BCUT2D eigenvalue weighted by Crippen LogP contribution is -2.14. The second-order valence-corrected chi connectivity index (χ2v) is 7.67. The zero-order valence-corrected chi connectivity index (χ0v) is 18.1. The van der Waals surface area contributed by atoms with Crippen molar-refractivity contribution in [1.29, 1.82) is 0 Å². The number of H-pyrrole nitrogens is 1. The smallest absolute Gasteiger partial charge is 0.336 e. The third-order valence-electron chi connectivity index (χ3n) is 4.67. The number of ether oxygens (including phenoxy) is 1. The normalized spacial score (nSPS) is 11.8. The van der Waals surface area contributed by atoms with Crippen LogP contribution in [0.4, 0.5) is 0 Å². The van der Waals surface area contributed by atoms with Crippen LogP contribution >= 0.6 is 23.2 Å². The molecule has 1 heterocycles. The molecule has 2 aromatic carbocycles. The van der Waals surface area contributed by atoms with Crippen LogP contribution in [0.1, 0.15) is 52.3 Å². The number of hydrogen-bond donors (Lipinski definition) is 3. The van der Waals surface area contributed by atoms with Gasteiger partial charge in [0.05, 0.1) is 11.3 Å². The van der Waals surface area contributed by atoms with Crippen molar-refractivity contribution in [2.24, 2.45) is 0 Å². The Morgan fingerprint density at radius 2 is 1.84 bits per heavy atom. The molecule has 0 bridgehead atoms. The number of aliphatic carboxylic acids is 1. The maximum absolute atomic E-state index is 11.9. The Morgan fingerprint density at radius 3 is 2.45 bits per heavy atom. The Kier molecular flexibility index (Phi) is 7.20. The van der Waals surface area contributed by atoms with Gasteiger partial charge in [0, 0.05) is 17.0 Å². The van der Waals surface area contributed by atoms with Crippen LogP contribution in [-0.2, 0) is 17.8 Å². The number of aryl methyl sites for hydroxylation is 1. The molecule has 31 heavy (non-hydrogen) atoms. The zero-order valence-electron chi connectivity index (χ0n) is 16.6. The first-order chi connectivity index (χ1) is 14.8. The van der Waals surface area contributed by atoms with Gasteiger partial charge in [-0.25, -0.2) is 9.78 Å². The molecule has 3 N–H and O–H groups in total. The topological polar surface area (TPSA) is 113 Å². The summed E-state index contributed by atoms with van der Waals surface area (Å²) in [6, 6.07) is 11.1. The molecule has 0 radical (unpaired) electrons. The minimum atomic E-state index is -1.10. The number of nitrogens with zero attached hydrogens (tertiary/aromatic N) is 1. The van der Waals surface area contributed by atoms with E-state index in [4.69, 9.17) is 27.9 Å². The van der Waals surface area contributed by atoms with Crippen LogP contribution in [0.25, 0.3) is 0 Å². The van der Waals surface area contributed by atoms with Crippen LogP contribution in [0.5, 0.6) is 5.75 Å². The van der Waals surface area contributed by atoms with Gasteiger partial charge in [-0.15, -0.1) is 0 Å². The SMILES string of the molecule is CCCc1nc(Cl)c(C(C(=O)O)c2ccc(OCc3ccc(Cl)cc3C(=O)O)cc2)[nH]1. The fourth-order valence-corrected chi connectivity index (χ4v) is 3.61. The van der Waals surface area contributed by atoms with Gasteiger partial charge in [0.25, 0.3) is 0 Å². The Balaban J connectivity index is 1.79. The largest absolute Gasteiger partial charge is 0.489 e. The molecule has 0 aliphatic heterocycles. The summed E-state index contributed by atoms with van der Waals surface area (Å²) in [5, 5.41) is 19.5. The highest BCUT2D eigenvalue weighted by atomic mass is 35.5. The summed E-state index contributed by atoms with van der Waals surface area (Å²) < 4.78 is 5.68. The minimum Gasteiger partial charge on any atom is -0.489 e. The fraction of sp³-hybridized carbons (Fsp3) is 0.227. The fourth-order valence-electron chi connectivity index (χ4n) is 3.18. The standard InChI is InChI=1S/C22H20Cl2N2O5/c1-2-3-17-25-19(20(24)26-17)18(22(29)30)12-5-8-15(9-6-12)31-11-13-4-7-14(23)10-16(13)21(27)28/h4-10,18H,2-3,11H2,1H3,(H,25,26)(H,27,28)(H,29,30). The van der Waals surface area contributed by atoms with Crippen molar-refractivity contribution in [3.05, 3.63) is 80.8 Å². The second kappa shape index (κ2) is 9.85. The van der Waals surface area contributed by atoms with Crippen molar-refractivity contribution < 1.29 is 24.5 Å². The lowest BCUT2D eigenvalue weighted by molar-refractivity contribution is -0.137. The molecule has 0 amide bonds. The summed E-state index contributed by atoms with van der Waals surface area (Å²) in [7, 11) is 0. The van der Waals surface area contributed by atoms with Crippen LogP contribution in [0.15, 0.2) is 42.5 Å². The third-order valence-corrected chi connectivity index (χ3v) is 5.19. The van der Waals surface area contributed by atoms with Crippen LogP contribution in [-0.4, -0.2) is 32.1 Å². The van der Waals surface area contributed by atoms with Gasteiger partial charge < -0.3 is 19.9 Å². The zero-order chi connectivity index (χ0) is 22.5. The molecule has 1 unspecified atom stereocenters. The van der Waals surface area contributed by atoms with E-state index < -0.39 is 17.9 Å². The number of benzene rings is 2. The number of hydrogen-bond acceptors (Lipinski definition) is 4. The molecule has 3 aromatic rings. The van der Waals surface area contributed by atoms with Gasteiger partial charge in [-0.3, -0.25) is 4.79 Å². The number of aromatic amines is 1. The molecular formula is C22H20Cl2N2O5. The minimum absolute atomic E-state index is 0.0211. The quantitative estimate of drug-likeness (QED) is 0.404. The number of nitrogens with one attached hydrogen (secondary N) is 1. The first-order valence-electron chi connectivity index (χ1n) is 9.51. The predicted molar refractivity (Wildman–Crippen MR) is 116 cm³/mol. The maximum atomic E-state index is 11.9. The summed E-state index contributed by atoms with van der Waals surface area (Å²) in [4.78, 5) is 30.6. The predicted octanol–water partition coefficient (Wildman–Crippen LogP) is 5.16. The number of carbonyl (C=O) groups is 2. The van der Waals surface area contributed by atoms with Crippen molar-refractivity contribution in [2.75, 3.05) is 0 Å². The highest BCUT2D eigenvalue weighted by Crippen LogP contribution is 2.30. The summed E-state index contributed by atoms with van der Waals surface area (Å²) in [6.45, 7) is 2.01. The van der Waals surface area contributed by atoms with E-state index in [2.05, 4.69) is 9.97 Å². The molecule has 0 fully saturated rings. The number of rotatable bonds is 9. The van der Waals surface area contributed by atoms with E-state index in [0.29, 0.717) is 39.8 Å². The molecule has 162 valence electrons. The Bertz CT molecular complexity index is 1100. The molecule has 1 aromatic heterocycles. The molecule has 7 nitrogen and oxygen atoms in total. The van der Waals surface area contributed by atoms with Crippen LogP contribution in [0.2, 0.25) is 10.2 Å². The van der Waals surface area contributed by atoms with Crippen molar-refractivity contribution in [1.82, 2.24) is 9.97 Å². The Labute approximate surface area is 188 Å². The lowest BCUT2D eigenvalue weighted by Gasteiger charge is -2.13. The molecule has 0 saturated carbocycles. The van der Waals surface area contributed by atoms with Crippen LogP contribution in [0.3, 0.4) is 0 Å². The number of carboxylic acid groups (broad SMARTS) is 2. The van der Waals surface area contributed by atoms with Gasteiger partial charge in [0.2, 0.25) is 0 Å². The highest BCUT2D eigenvalue weighted by molar-refractivity contribution is 6.31. The van der Waals surface area contributed by atoms with E-state index in [1.807, 2.05) is 6.92 Å². The van der Waals surface area contributed by atoms with Gasteiger partial charge >= 0.3 is 11.9 Å². The molecular weight excluding hydrogens is 443 g/mol. The molecule has 0 spiro atoms. The van der Waals surface area contributed by atoms with Gasteiger partial charge in [-0.2, -0.15) is 0 Å². The molecule has 0 aliphatic rings. The number of imidazole rings is 1. The van der Waals surface area contributed by atoms with E-state index in [9.17, 15) is 19.8 Å². The van der Waals surface area contributed by atoms with Gasteiger partial charge in [-0.05, 0) is 36.2 Å². The van der Waals surface area contributed by atoms with Crippen molar-refractivity contribution in [3.8, 4) is 5.75 Å². The Morgan fingerprint density at radius 1 is 1.13 bits per heavy atom. The summed E-state index contributed by atoms with van der Waals surface area (Å²) in [5.41, 5.74) is 1.37. The summed E-state index contributed by atoms with van der Waals surface area (Å²) in [5.74, 6) is -2.06. The van der Waals surface area contributed by atoms with Crippen molar-refractivity contribution in [3.63, 3.8) is 0 Å². The van der Waals surface area contributed by atoms with Gasteiger partial charge in [0.15, 0.2) is 5.15 Å². The summed E-state index contributed by atoms with van der Waals surface area (Å²) >= 11 is 12.0. The molecule has 3 rings (SSSR count). The number of halogens is 2. The molecule has 1 atom stereocenters. The monoisotopic (exact) mass is 462 g/mol. The van der Waals surface area contributed by atoms with E-state index >= 15 is 0 Å². The molecule has 9 heteroatoms. The van der Waals surface area contributed by atoms with Gasteiger partial charge in [0.1, 0.15) is 24.1 Å². The third kappa shape index (κ3) is 5.37. The van der Waals surface area contributed by atoms with Crippen LogP contribution in [0, 0.1) is 0 Å². The first-order valence-corrected chi connectivity index (χ1v) is 10.3. The van der Waals surface area contributed by atoms with E-state index in [-0.39, 0.29) is 17.3 Å². The van der Waals surface area contributed by atoms with E-state index in [1.54, 1.807) is 36.4 Å². The van der Waals surface area contributed by atoms with E-state index in [0.717, 1.165) is 6.42 Å². The first kappa shape index (κ1) is 22.7. The lowest BCUT2D eigenvalue weighted by atomic mass is 9.96. The number of carboxylic acids is 2. The van der Waals surface area contributed by atoms with Crippen molar-refractivity contribution in [2.45, 2.75) is 32.3 Å². The highest BCUT2D eigenvalue weighted by Gasteiger charge is 2.27. The number of aromatic nitrogens is 2. The molecule has 0 saturated heterocycles. The maximum Gasteiger partial charge on any atom is 0.336 e. The average molecular weight is 463 g/mol. The Hall–Kier alpha value is -3.03. The second-order valence-electron chi connectivity index (χ2n) is 6.87. The van der Waals surface area contributed by atoms with E-state index in [1.165, 1.54) is 6.07 Å². The summed E-state index contributed by atoms with van der Waals surface area (Å²) in [6.07, 6.45) is 1.52. The van der Waals surface area contributed by atoms with Crippen LogP contribution < -0.4 is 4.74 Å². The van der Waals surface area contributed by atoms with Gasteiger partial charge in [-0.1, -0.05) is 48.3 Å².